The second-order valence-corrected chi connectivity index (χ2v) is 7.50. The number of halogens is 1. The van der Waals surface area contributed by atoms with Gasteiger partial charge in [0.15, 0.2) is 11.5 Å². The van der Waals surface area contributed by atoms with E-state index in [0.717, 1.165) is 4.47 Å². The lowest BCUT2D eigenvalue weighted by Crippen LogP contribution is -2.17. The molecule has 3 aromatic carbocycles. The van der Waals surface area contributed by atoms with Crippen LogP contribution in [0.25, 0.3) is 0 Å². The number of amides is 1. The lowest BCUT2D eigenvalue weighted by Gasteiger charge is -2.13. The first-order valence-corrected chi connectivity index (χ1v) is 10.5. The fourth-order valence-electron chi connectivity index (χ4n) is 2.88. The minimum Gasteiger partial charge on any atom is -0.493 e. The van der Waals surface area contributed by atoms with Crippen molar-refractivity contribution in [1.29, 1.82) is 0 Å². The number of rotatable bonds is 8. The van der Waals surface area contributed by atoms with Gasteiger partial charge >= 0.3 is 5.97 Å². The molecule has 0 aromatic heterocycles. The third-order valence-electron chi connectivity index (χ3n) is 4.44. The highest BCUT2D eigenvalue weighted by atomic mass is 79.9. The maximum atomic E-state index is 12.7. The Hall–Kier alpha value is -3.85. The molecule has 0 aliphatic rings. The smallest absolute Gasteiger partial charge is 0.343 e. The maximum Gasteiger partial charge on any atom is 0.343 e. The number of nitrogens with one attached hydrogen (secondary N) is 1. The number of hydrogen-bond donors (Lipinski definition) is 1. The second kappa shape index (κ2) is 11.1. The highest BCUT2D eigenvalue weighted by Crippen LogP contribution is 2.38. The molecule has 0 radical (unpaired) electrons. The van der Waals surface area contributed by atoms with E-state index in [0.29, 0.717) is 34.1 Å². The minimum absolute atomic E-state index is 0.227. The van der Waals surface area contributed by atoms with Gasteiger partial charge < -0.3 is 18.9 Å². The van der Waals surface area contributed by atoms with Crippen LogP contribution < -0.4 is 24.4 Å². The van der Waals surface area contributed by atoms with Gasteiger partial charge in [-0.15, -0.1) is 0 Å². The van der Waals surface area contributed by atoms with Crippen LogP contribution in [0.3, 0.4) is 0 Å². The van der Waals surface area contributed by atoms with Gasteiger partial charge in [-0.3, -0.25) is 4.79 Å². The number of methoxy groups -OCH3 is 3. The van der Waals surface area contributed by atoms with E-state index in [1.54, 1.807) is 42.5 Å². The average Bonchev–Trinajstić information content (AvgIpc) is 2.83. The molecule has 0 heterocycles. The summed E-state index contributed by atoms with van der Waals surface area (Å²) in [5.41, 5.74) is 3.78. The molecule has 0 spiro atoms. The maximum absolute atomic E-state index is 12.7. The highest BCUT2D eigenvalue weighted by Gasteiger charge is 2.18. The van der Waals surface area contributed by atoms with Gasteiger partial charge in [0, 0.05) is 10.0 Å². The van der Waals surface area contributed by atoms with Crippen LogP contribution in [0.5, 0.6) is 23.0 Å². The van der Waals surface area contributed by atoms with Gasteiger partial charge in [0.25, 0.3) is 5.91 Å². The molecule has 0 unspecified atom stereocenters. The first-order chi connectivity index (χ1) is 15.9. The summed E-state index contributed by atoms with van der Waals surface area (Å²) in [6, 6.07) is 16.7. The molecule has 170 valence electrons. The van der Waals surface area contributed by atoms with Crippen molar-refractivity contribution < 1.29 is 28.5 Å². The van der Waals surface area contributed by atoms with Crippen LogP contribution in [0.4, 0.5) is 0 Å². The summed E-state index contributed by atoms with van der Waals surface area (Å²) < 4.78 is 22.1. The van der Waals surface area contributed by atoms with Crippen molar-refractivity contribution in [2.24, 2.45) is 5.10 Å². The van der Waals surface area contributed by atoms with Crippen LogP contribution in [-0.2, 0) is 0 Å². The van der Waals surface area contributed by atoms with E-state index in [-0.39, 0.29) is 11.5 Å². The predicted octanol–water partition coefficient (Wildman–Crippen LogP) is 4.46. The van der Waals surface area contributed by atoms with E-state index in [1.807, 2.05) is 6.07 Å². The van der Waals surface area contributed by atoms with Crippen molar-refractivity contribution in [3.8, 4) is 23.0 Å². The molecular formula is C24H21BrN2O6. The van der Waals surface area contributed by atoms with Gasteiger partial charge in [-0.1, -0.05) is 34.1 Å². The second-order valence-electron chi connectivity index (χ2n) is 6.59. The van der Waals surface area contributed by atoms with Crippen molar-refractivity contribution in [2.75, 3.05) is 21.3 Å². The molecule has 0 aliphatic heterocycles. The number of nitrogens with zero attached hydrogens (tertiary/aromatic N) is 1. The Morgan fingerprint density at radius 1 is 0.879 bits per heavy atom. The first kappa shape index (κ1) is 23.8. The number of esters is 1. The van der Waals surface area contributed by atoms with Gasteiger partial charge in [-0.2, -0.15) is 5.10 Å². The Kier molecular flexibility index (Phi) is 8.04. The number of benzene rings is 3. The summed E-state index contributed by atoms with van der Waals surface area (Å²) in [4.78, 5) is 24.8. The van der Waals surface area contributed by atoms with E-state index in [9.17, 15) is 9.59 Å². The SMILES string of the molecule is COc1cc(C(=O)Oc2cccc(/C=N\NC(=O)c3cccc(Br)c3)c2)cc(OC)c1OC. The van der Waals surface area contributed by atoms with Crippen LogP contribution >= 0.6 is 15.9 Å². The Labute approximate surface area is 199 Å². The Bertz CT molecular complexity index is 1170. The summed E-state index contributed by atoms with van der Waals surface area (Å²) in [5.74, 6) is 0.399. The van der Waals surface area contributed by atoms with E-state index < -0.39 is 5.97 Å². The molecule has 0 saturated heterocycles. The van der Waals surface area contributed by atoms with Gasteiger partial charge in [0.05, 0.1) is 33.1 Å². The van der Waals surface area contributed by atoms with E-state index in [4.69, 9.17) is 18.9 Å². The standard InChI is InChI=1S/C24H21BrN2O6/c1-30-20-12-17(13-21(31-2)22(20)32-3)24(29)33-19-9-4-6-15(10-19)14-26-27-23(28)16-7-5-8-18(25)11-16/h4-14H,1-3H3,(H,27,28)/b26-14-. The first-order valence-electron chi connectivity index (χ1n) is 9.66. The zero-order chi connectivity index (χ0) is 23.8. The lowest BCUT2D eigenvalue weighted by molar-refractivity contribution is 0.0733. The zero-order valence-corrected chi connectivity index (χ0v) is 19.7. The lowest BCUT2D eigenvalue weighted by atomic mass is 10.1. The number of carbonyl (C=O) groups excluding carboxylic acids is 2. The molecule has 1 amide bonds. The van der Waals surface area contributed by atoms with Crippen molar-refractivity contribution >= 4 is 34.0 Å². The van der Waals surface area contributed by atoms with Crippen molar-refractivity contribution in [3.05, 3.63) is 81.8 Å². The van der Waals surface area contributed by atoms with Gasteiger partial charge in [-0.05, 0) is 48.0 Å². The average molecular weight is 513 g/mol. The molecule has 8 nitrogen and oxygen atoms in total. The topological polar surface area (TPSA) is 95.5 Å². The number of carbonyl (C=O) groups is 2. The molecular weight excluding hydrogens is 492 g/mol. The van der Waals surface area contributed by atoms with Crippen molar-refractivity contribution in [2.45, 2.75) is 0 Å². The van der Waals surface area contributed by atoms with Gasteiger partial charge in [0.1, 0.15) is 5.75 Å². The summed E-state index contributed by atoms with van der Waals surface area (Å²) in [7, 11) is 4.40. The Morgan fingerprint density at radius 3 is 2.21 bits per heavy atom. The largest absolute Gasteiger partial charge is 0.493 e. The van der Waals surface area contributed by atoms with Crippen LogP contribution in [0.15, 0.2) is 70.2 Å². The number of hydrogen-bond acceptors (Lipinski definition) is 7. The number of hydrazone groups is 1. The quantitative estimate of drug-likeness (QED) is 0.207. The molecule has 0 fully saturated rings. The molecule has 9 heteroatoms. The minimum atomic E-state index is -0.605. The molecule has 3 aromatic rings. The van der Waals surface area contributed by atoms with Gasteiger partial charge in [-0.25, -0.2) is 10.2 Å². The molecule has 0 saturated carbocycles. The summed E-state index contributed by atoms with van der Waals surface area (Å²) >= 11 is 3.32. The fraction of sp³-hybridized carbons (Fsp3) is 0.125. The van der Waals surface area contributed by atoms with Gasteiger partial charge in [0.2, 0.25) is 5.75 Å². The molecule has 3 rings (SSSR count). The predicted molar refractivity (Wildman–Crippen MR) is 127 cm³/mol. The highest BCUT2D eigenvalue weighted by molar-refractivity contribution is 9.10. The van der Waals surface area contributed by atoms with Crippen LogP contribution in [0, 0.1) is 0 Å². The van der Waals surface area contributed by atoms with Crippen LogP contribution in [0.2, 0.25) is 0 Å². The molecule has 0 bridgehead atoms. The fourth-order valence-corrected chi connectivity index (χ4v) is 3.28. The Morgan fingerprint density at radius 2 is 1.58 bits per heavy atom. The zero-order valence-electron chi connectivity index (χ0n) is 18.1. The van der Waals surface area contributed by atoms with E-state index in [2.05, 4.69) is 26.5 Å². The molecule has 0 atom stereocenters. The summed E-state index contributed by atoms with van der Waals surface area (Å²) in [6.07, 6.45) is 1.45. The third-order valence-corrected chi connectivity index (χ3v) is 4.93. The van der Waals surface area contributed by atoms with Crippen molar-refractivity contribution in [3.63, 3.8) is 0 Å². The van der Waals surface area contributed by atoms with E-state index in [1.165, 1.54) is 39.7 Å². The summed E-state index contributed by atoms with van der Waals surface area (Å²) in [6.45, 7) is 0. The monoisotopic (exact) mass is 512 g/mol. The number of ether oxygens (including phenoxy) is 4. The Balaban J connectivity index is 1.70. The van der Waals surface area contributed by atoms with E-state index >= 15 is 0 Å². The summed E-state index contributed by atoms with van der Waals surface area (Å²) in [5, 5.41) is 3.96. The molecule has 33 heavy (non-hydrogen) atoms. The molecule has 0 aliphatic carbocycles. The van der Waals surface area contributed by atoms with Crippen molar-refractivity contribution in [1.82, 2.24) is 5.43 Å². The normalized spacial score (nSPS) is 10.5. The third kappa shape index (κ3) is 6.11. The van der Waals surface area contributed by atoms with Crippen LogP contribution in [0.1, 0.15) is 26.3 Å². The van der Waals surface area contributed by atoms with Crippen LogP contribution in [-0.4, -0.2) is 39.4 Å². The molecule has 1 N–H and O–H groups in total.